The van der Waals surface area contributed by atoms with Gasteiger partial charge in [-0.2, -0.15) is 10.2 Å². The number of ether oxygens (including phenoxy) is 1. The standard InChI is InChI=1S/C25H28FN5O/c1-16-8-6-7-9-23(16)31-14-20(13-27-17(2)21-15-30(4)28-18(21)3)25(29-31)19-10-11-24(32-5)22(26)12-19/h6-12,14-15,17,27H,13H2,1-5H3/t17-/m0/s1. The van der Waals surface area contributed by atoms with Crippen molar-refractivity contribution in [3.8, 4) is 22.7 Å². The smallest absolute Gasteiger partial charge is 0.165 e. The SMILES string of the molecule is COc1ccc(-c2nn(-c3ccccc3C)cc2CN[C@@H](C)c2cn(C)nc2C)cc1F. The molecule has 1 N–H and O–H groups in total. The van der Waals surface area contributed by atoms with E-state index in [1.807, 2.05) is 60.0 Å². The van der Waals surface area contributed by atoms with Gasteiger partial charge in [0.2, 0.25) is 0 Å². The number of rotatable bonds is 7. The van der Waals surface area contributed by atoms with Gasteiger partial charge in [0.25, 0.3) is 0 Å². The molecule has 0 aliphatic carbocycles. The number of halogens is 1. The van der Waals surface area contributed by atoms with Crippen LogP contribution >= 0.6 is 0 Å². The molecule has 2 heterocycles. The first-order chi connectivity index (χ1) is 15.4. The van der Waals surface area contributed by atoms with Gasteiger partial charge in [-0.3, -0.25) is 4.68 Å². The minimum atomic E-state index is -0.409. The summed E-state index contributed by atoms with van der Waals surface area (Å²) in [6, 6.07) is 13.1. The van der Waals surface area contributed by atoms with Gasteiger partial charge in [0, 0.05) is 48.7 Å². The number of benzene rings is 2. The van der Waals surface area contributed by atoms with Crippen LogP contribution < -0.4 is 10.1 Å². The van der Waals surface area contributed by atoms with E-state index in [0.717, 1.165) is 33.8 Å². The van der Waals surface area contributed by atoms with E-state index in [1.165, 1.54) is 13.2 Å². The topological polar surface area (TPSA) is 56.9 Å². The van der Waals surface area contributed by atoms with Gasteiger partial charge in [0.15, 0.2) is 11.6 Å². The number of aryl methyl sites for hydroxylation is 3. The van der Waals surface area contributed by atoms with Gasteiger partial charge in [-0.25, -0.2) is 9.07 Å². The van der Waals surface area contributed by atoms with Gasteiger partial charge >= 0.3 is 0 Å². The highest BCUT2D eigenvalue weighted by Gasteiger charge is 2.17. The summed E-state index contributed by atoms with van der Waals surface area (Å²) in [5.74, 6) is -0.193. The van der Waals surface area contributed by atoms with Crippen molar-refractivity contribution in [3.63, 3.8) is 0 Å². The van der Waals surface area contributed by atoms with Crippen LogP contribution in [0, 0.1) is 19.7 Å². The van der Waals surface area contributed by atoms with Crippen molar-refractivity contribution in [3.05, 3.63) is 83.1 Å². The number of methoxy groups -OCH3 is 1. The summed E-state index contributed by atoms with van der Waals surface area (Å²) in [7, 11) is 3.38. The van der Waals surface area contributed by atoms with Crippen LogP contribution in [0.15, 0.2) is 54.9 Å². The van der Waals surface area contributed by atoms with Crippen molar-refractivity contribution in [2.24, 2.45) is 7.05 Å². The summed E-state index contributed by atoms with van der Waals surface area (Å²) in [5, 5.41) is 12.8. The Kier molecular flexibility index (Phi) is 6.10. The maximum Gasteiger partial charge on any atom is 0.165 e. The monoisotopic (exact) mass is 433 g/mol. The molecule has 0 unspecified atom stereocenters. The van der Waals surface area contributed by atoms with E-state index in [0.29, 0.717) is 12.1 Å². The second-order valence-corrected chi connectivity index (χ2v) is 8.03. The fourth-order valence-electron chi connectivity index (χ4n) is 3.96. The maximum atomic E-state index is 14.5. The van der Waals surface area contributed by atoms with E-state index in [-0.39, 0.29) is 11.8 Å². The predicted molar refractivity (Wildman–Crippen MR) is 123 cm³/mol. The van der Waals surface area contributed by atoms with Gasteiger partial charge in [0.05, 0.1) is 24.2 Å². The number of hydrogen-bond acceptors (Lipinski definition) is 4. The van der Waals surface area contributed by atoms with Crippen LogP contribution in [0.4, 0.5) is 4.39 Å². The average Bonchev–Trinajstić information content (AvgIpc) is 3.35. The minimum absolute atomic E-state index is 0.103. The second kappa shape index (κ2) is 8.96. The molecular formula is C25H28FN5O. The molecule has 166 valence electrons. The van der Waals surface area contributed by atoms with Gasteiger partial charge in [-0.15, -0.1) is 0 Å². The van der Waals surface area contributed by atoms with Gasteiger partial charge in [0.1, 0.15) is 0 Å². The van der Waals surface area contributed by atoms with Crippen molar-refractivity contribution in [2.75, 3.05) is 7.11 Å². The molecule has 7 heteroatoms. The summed E-state index contributed by atoms with van der Waals surface area (Å²) in [6.45, 7) is 6.75. The fourth-order valence-corrected chi connectivity index (χ4v) is 3.96. The number of aromatic nitrogens is 4. The molecule has 4 aromatic rings. The lowest BCUT2D eigenvalue weighted by Crippen LogP contribution is -2.18. The number of nitrogens with zero attached hydrogens (tertiary/aromatic N) is 4. The zero-order valence-electron chi connectivity index (χ0n) is 19.1. The predicted octanol–water partition coefficient (Wildman–Crippen LogP) is 4.89. The molecular weight excluding hydrogens is 405 g/mol. The van der Waals surface area contributed by atoms with E-state index in [4.69, 9.17) is 9.84 Å². The Balaban J connectivity index is 1.70. The van der Waals surface area contributed by atoms with Crippen molar-refractivity contribution in [2.45, 2.75) is 33.4 Å². The van der Waals surface area contributed by atoms with Crippen LogP contribution in [0.25, 0.3) is 16.9 Å². The first kappa shape index (κ1) is 21.8. The quantitative estimate of drug-likeness (QED) is 0.451. The Bertz CT molecular complexity index is 1240. The molecule has 4 rings (SSSR count). The lowest BCUT2D eigenvalue weighted by atomic mass is 10.1. The Hall–Kier alpha value is -3.45. The van der Waals surface area contributed by atoms with E-state index in [1.54, 1.807) is 6.07 Å². The van der Waals surface area contributed by atoms with Gasteiger partial charge in [-0.1, -0.05) is 18.2 Å². The largest absolute Gasteiger partial charge is 0.494 e. The normalized spacial score (nSPS) is 12.2. The van der Waals surface area contributed by atoms with Crippen molar-refractivity contribution in [1.82, 2.24) is 24.9 Å². The molecule has 0 bridgehead atoms. The third-order valence-electron chi connectivity index (χ3n) is 5.69. The first-order valence-electron chi connectivity index (χ1n) is 10.6. The third kappa shape index (κ3) is 4.29. The molecule has 0 aliphatic rings. The molecule has 2 aromatic heterocycles. The summed E-state index contributed by atoms with van der Waals surface area (Å²) < 4.78 is 23.2. The van der Waals surface area contributed by atoms with Crippen LogP contribution in [0.2, 0.25) is 0 Å². The second-order valence-electron chi connectivity index (χ2n) is 8.03. The summed E-state index contributed by atoms with van der Waals surface area (Å²) in [5.41, 5.74) is 6.67. The minimum Gasteiger partial charge on any atom is -0.494 e. The summed E-state index contributed by atoms with van der Waals surface area (Å²) in [4.78, 5) is 0. The Labute approximate surface area is 187 Å². The van der Waals surface area contributed by atoms with Crippen molar-refractivity contribution >= 4 is 0 Å². The van der Waals surface area contributed by atoms with Crippen LogP contribution in [0.1, 0.15) is 35.3 Å². The van der Waals surface area contributed by atoms with Crippen LogP contribution in [-0.4, -0.2) is 26.7 Å². The Morgan fingerprint density at radius 3 is 2.53 bits per heavy atom. The molecule has 0 saturated heterocycles. The number of para-hydroxylation sites is 1. The number of nitrogens with one attached hydrogen (secondary N) is 1. The molecule has 1 atom stereocenters. The van der Waals surface area contributed by atoms with E-state index >= 15 is 0 Å². The zero-order chi connectivity index (χ0) is 22.8. The summed E-state index contributed by atoms with van der Waals surface area (Å²) >= 11 is 0. The fraction of sp³-hybridized carbons (Fsp3) is 0.280. The zero-order valence-corrected chi connectivity index (χ0v) is 19.1. The molecule has 0 fully saturated rings. The van der Waals surface area contributed by atoms with E-state index < -0.39 is 5.82 Å². The van der Waals surface area contributed by atoms with Crippen molar-refractivity contribution < 1.29 is 9.13 Å². The lowest BCUT2D eigenvalue weighted by Gasteiger charge is -2.13. The highest BCUT2D eigenvalue weighted by Crippen LogP contribution is 2.29. The highest BCUT2D eigenvalue weighted by molar-refractivity contribution is 5.64. The molecule has 6 nitrogen and oxygen atoms in total. The van der Waals surface area contributed by atoms with E-state index in [9.17, 15) is 4.39 Å². The Morgan fingerprint density at radius 2 is 1.88 bits per heavy atom. The van der Waals surface area contributed by atoms with Crippen LogP contribution in [-0.2, 0) is 13.6 Å². The van der Waals surface area contributed by atoms with Gasteiger partial charge < -0.3 is 10.1 Å². The molecule has 0 aliphatic heterocycles. The molecule has 2 aromatic carbocycles. The van der Waals surface area contributed by atoms with Crippen molar-refractivity contribution in [1.29, 1.82) is 0 Å². The Morgan fingerprint density at radius 1 is 1.09 bits per heavy atom. The first-order valence-corrected chi connectivity index (χ1v) is 10.6. The average molecular weight is 434 g/mol. The van der Waals surface area contributed by atoms with E-state index in [2.05, 4.69) is 30.3 Å². The number of hydrogen-bond donors (Lipinski definition) is 1. The van der Waals surface area contributed by atoms with Crippen LogP contribution in [0.3, 0.4) is 0 Å². The summed E-state index contributed by atoms with van der Waals surface area (Å²) in [6.07, 6.45) is 4.04. The lowest BCUT2D eigenvalue weighted by molar-refractivity contribution is 0.386. The third-order valence-corrected chi connectivity index (χ3v) is 5.69. The molecule has 0 radical (unpaired) electrons. The molecule has 0 amide bonds. The molecule has 0 spiro atoms. The van der Waals surface area contributed by atoms with Crippen LogP contribution in [0.5, 0.6) is 5.75 Å². The highest BCUT2D eigenvalue weighted by atomic mass is 19.1. The maximum absolute atomic E-state index is 14.5. The van der Waals surface area contributed by atoms with Gasteiger partial charge in [-0.05, 0) is 50.6 Å². The molecule has 0 saturated carbocycles. The molecule has 32 heavy (non-hydrogen) atoms.